The lowest BCUT2D eigenvalue weighted by Crippen LogP contribution is -2.25. The van der Waals surface area contributed by atoms with E-state index in [1.807, 2.05) is 0 Å². The summed E-state index contributed by atoms with van der Waals surface area (Å²) < 4.78 is 19.1. The largest absolute Gasteiger partial charge is 0.463 e. The zero-order valence-electron chi connectivity index (χ0n) is 11.9. The third-order valence-corrected chi connectivity index (χ3v) is 2.86. The van der Waals surface area contributed by atoms with Gasteiger partial charge >= 0.3 is 5.97 Å². The molecule has 4 nitrogen and oxygen atoms in total. The van der Waals surface area contributed by atoms with Crippen LogP contribution in [0.5, 0.6) is 0 Å². The van der Waals surface area contributed by atoms with Gasteiger partial charge in [-0.2, -0.15) is 0 Å². The van der Waals surface area contributed by atoms with Crippen LogP contribution in [0.3, 0.4) is 0 Å². The molecule has 0 saturated carbocycles. The molecule has 0 aliphatic rings. The van der Waals surface area contributed by atoms with Crippen molar-refractivity contribution >= 4 is 33.9 Å². The first-order chi connectivity index (χ1) is 9.88. The Kier molecular flexibility index (Phi) is 7.08. The minimum absolute atomic E-state index is 0.100. The number of carbonyl (C=O) groups excluding carboxylic acids is 2. The molecule has 0 fully saturated rings. The first-order valence-electron chi connectivity index (χ1n) is 6.49. The predicted octanol–water partition coefficient (Wildman–Crippen LogP) is 3.06. The van der Waals surface area contributed by atoms with Crippen LogP contribution in [0.2, 0.25) is 0 Å². The summed E-state index contributed by atoms with van der Waals surface area (Å²) >= 11 is 3.23. The fourth-order valence-corrected chi connectivity index (χ4v) is 1.86. The summed E-state index contributed by atoms with van der Waals surface area (Å²) in [5.74, 6) is -1.18. The van der Waals surface area contributed by atoms with Gasteiger partial charge < -0.3 is 10.1 Å². The lowest BCUT2D eigenvalue weighted by Gasteiger charge is -2.07. The third kappa shape index (κ3) is 7.04. The average Bonchev–Trinajstić information content (AvgIpc) is 2.39. The van der Waals surface area contributed by atoms with E-state index in [1.165, 1.54) is 18.2 Å². The molecule has 0 radical (unpaired) electrons. The number of nitrogens with one attached hydrogen (secondary N) is 1. The molecule has 1 aromatic rings. The van der Waals surface area contributed by atoms with Crippen molar-refractivity contribution in [2.45, 2.75) is 26.4 Å². The summed E-state index contributed by atoms with van der Waals surface area (Å²) in [5, 5.41) is 2.53. The van der Waals surface area contributed by atoms with Crippen LogP contribution in [-0.2, 0) is 14.3 Å². The van der Waals surface area contributed by atoms with Gasteiger partial charge in [0, 0.05) is 22.7 Å². The summed E-state index contributed by atoms with van der Waals surface area (Å²) in [4.78, 5) is 22.8. The quantitative estimate of drug-likeness (QED) is 0.628. The number of hydrogen-bond donors (Lipinski definition) is 1. The molecular formula is C15H17BrFNO3. The van der Waals surface area contributed by atoms with Gasteiger partial charge in [-0.05, 0) is 38.1 Å². The van der Waals surface area contributed by atoms with Crippen molar-refractivity contribution in [1.29, 1.82) is 0 Å². The predicted molar refractivity (Wildman–Crippen MR) is 82.0 cm³/mol. The topological polar surface area (TPSA) is 55.4 Å². The standard InChI is InChI=1S/C15H17BrFNO3/c1-10(2)21-15(20)7-8-18-14(19)6-3-11-9-12(16)4-5-13(11)17/h3-6,9-10H,7-8H2,1-2H3,(H,18,19)/b6-3+. The Labute approximate surface area is 131 Å². The highest BCUT2D eigenvalue weighted by Gasteiger charge is 2.06. The highest BCUT2D eigenvalue weighted by atomic mass is 79.9. The summed E-state index contributed by atoms with van der Waals surface area (Å²) in [6.07, 6.45) is 2.52. The summed E-state index contributed by atoms with van der Waals surface area (Å²) in [7, 11) is 0. The van der Waals surface area contributed by atoms with Gasteiger partial charge in [0.15, 0.2) is 0 Å². The van der Waals surface area contributed by atoms with E-state index >= 15 is 0 Å². The first kappa shape index (κ1) is 17.4. The molecule has 114 valence electrons. The summed E-state index contributed by atoms with van der Waals surface area (Å²) in [6.45, 7) is 3.69. The molecular weight excluding hydrogens is 341 g/mol. The Morgan fingerprint density at radius 2 is 2.14 bits per heavy atom. The number of esters is 1. The average molecular weight is 358 g/mol. The van der Waals surface area contributed by atoms with E-state index in [4.69, 9.17) is 4.74 Å². The molecule has 0 heterocycles. The number of hydrogen-bond acceptors (Lipinski definition) is 3. The Morgan fingerprint density at radius 3 is 2.81 bits per heavy atom. The molecule has 1 N–H and O–H groups in total. The van der Waals surface area contributed by atoms with Crippen molar-refractivity contribution in [3.8, 4) is 0 Å². The Hall–Kier alpha value is -1.69. The molecule has 0 aromatic heterocycles. The molecule has 0 spiro atoms. The van der Waals surface area contributed by atoms with Crippen molar-refractivity contribution in [3.63, 3.8) is 0 Å². The molecule has 0 atom stereocenters. The SMILES string of the molecule is CC(C)OC(=O)CCNC(=O)/C=C/c1cc(Br)ccc1F. The minimum Gasteiger partial charge on any atom is -0.463 e. The minimum atomic E-state index is -0.414. The fraction of sp³-hybridized carbons (Fsp3) is 0.333. The van der Waals surface area contributed by atoms with Gasteiger partial charge in [-0.25, -0.2) is 4.39 Å². The smallest absolute Gasteiger partial charge is 0.307 e. The van der Waals surface area contributed by atoms with Gasteiger partial charge in [-0.1, -0.05) is 15.9 Å². The molecule has 1 rings (SSSR count). The molecule has 0 aliphatic carbocycles. The molecule has 0 saturated heterocycles. The number of rotatable bonds is 6. The lowest BCUT2D eigenvalue weighted by molar-refractivity contribution is -0.147. The Morgan fingerprint density at radius 1 is 1.43 bits per heavy atom. The first-order valence-corrected chi connectivity index (χ1v) is 7.28. The van der Waals surface area contributed by atoms with E-state index < -0.39 is 11.7 Å². The molecule has 21 heavy (non-hydrogen) atoms. The van der Waals surface area contributed by atoms with Crippen molar-refractivity contribution in [3.05, 3.63) is 40.1 Å². The van der Waals surface area contributed by atoms with Crippen LogP contribution in [-0.4, -0.2) is 24.5 Å². The van der Waals surface area contributed by atoms with E-state index in [2.05, 4.69) is 21.2 Å². The van der Waals surface area contributed by atoms with Crippen LogP contribution in [0.4, 0.5) is 4.39 Å². The maximum atomic E-state index is 13.4. The Bertz CT molecular complexity index is 544. The molecule has 1 amide bonds. The van der Waals surface area contributed by atoms with E-state index in [1.54, 1.807) is 26.0 Å². The van der Waals surface area contributed by atoms with Gasteiger partial charge in [0.1, 0.15) is 5.82 Å². The van der Waals surface area contributed by atoms with Crippen molar-refractivity contribution < 1.29 is 18.7 Å². The number of amides is 1. The van der Waals surface area contributed by atoms with Gasteiger partial charge in [-0.3, -0.25) is 9.59 Å². The maximum Gasteiger partial charge on any atom is 0.307 e. The van der Waals surface area contributed by atoms with Gasteiger partial charge in [0.2, 0.25) is 5.91 Å². The van der Waals surface area contributed by atoms with Gasteiger partial charge in [0.25, 0.3) is 0 Å². The van der Waals surface area contributed by atoms with Crippen LogP contribution >= 0.6 is 15.9 Å². The highest BCUT2D eigenvalue weighted by Crippen LogP contribution is 2.16. The number of halogens is 2. The van der Waals surface area contributed by atoms with Crippen LogP contribution in [0.25, 0.3) is 6.08 Å². The third-order valence-electron chi connectivity index (χ3n) is 2.37. The lowest BCUT2D eigenvalue weighted by atomic mass is 10.2. The van der Waals surface area contributed by atoms with E-state index in [9.17, 15) is 14.0 Å². The van der Waals surface area contributed by atoms with Gasteiger partial charge in [0.05, 0.1) is 12.5 Å². The van der Waals surface area contributed by atoms with Crippen LogP contribution in [0.1, 0.15) is 25.8 Å². The second kappa shape index (κ2) is 8.56. The van der Waals surface area contributed by atoms with E-state index in [0.29, 0.717) is 5.56 Å². The molecule has 0 bridgehead atoms. The van der Waals surface area contributed by atoms with Crippen molar-refractivity contribution in [2.75, 3.05) is 6.54 Å². The normalized spacial score (nSPS) is 10.9. The summed E-state index contributed by atoms with van der Waals surface area (Å²) in [6, 6.07) is 4.45. The molecule has 0 unspecified atom stereocenters. The fourth-order valence-electron chi connectivity index (χ4n) is 1.48. The molecule has 1 aromatic carbocycles. The highest BCUT2D eigenvalue weighted by molar-refractivity contribution is 9.10. The number of ether oxygens (including phenoxy) is 1. The molecule has 0 aliphatic heterocycles. The zero-order chi connectivity index (χ0) is 15.8. The van der Waals surface area contributed by atoms with Crippen molar-refractivity contribution in [1.82, 2.24) is 5.32 Å². The maximum absolute atomic E-state index is 13.4. The van der Waals surface area contributed by atoms with Crippen LogP contribution < -0.4 is 5.32 Å². The van der Waals surface area contributed by atoms with Crippen LogP contribution in [0.15, 0.2) is 28.7 Å². The number of benzene rings is 1. The summed E-state index contributed by atoms with van der Waals surface area (Å²) in [5.41, 5.74) is 0.304. The van der Waals surface area contributed by atoms with Gasteiger partial charge in [-0.15, -0.1) is 0 Å². The van der Waals surface area contributed by atoms with Crippen molar-refractivity contribution in [2.24, 2.45) is 0 Å². The second-order valence-corrected chi connectivity index (χ2v) is 5.49. The second-order valence-electron chi connectivity index (χ2n) is 4.58. The number of carbonyl (C=O) groups is 2. The van der Waals surface area contributed by atoms with E-state index in [0.717, 1.165) is 4.47 Å². The monoisotopic (exact) mass is 357 g/mol. The van der Waals surface area contributed by atoms with Crippen LogP contribution in [0, 0.1) is 5.82 Å². The Balaban J connectivity index is 2.41. The van der Waals surface area contributed by atoms with E-state index in [-0.39, 0.29) is 25.0 Å². The molecule has 6 heteroatoms. The zero-order valence-corrected chi connectivity index (χ0v) is 13.4.